The second-order valence-corrected chi connectivity index (χ2v) is 11.0. The van der Waals surface area contributed by atoms with E-state index in [1.165, 1.54) is 0 Å². The molecule has 2 aromatic carbocycles. The highest BCUT2D eigenvalue weighted by molar-refractivity contribution is 7.89. The number of aromatic nitrogens is 2. The Labute approximate surface area is 196 Å². The number of piperazine rings is 1. The van der Waals surface area contributed by atoms with Gasteiger partial charge in [0, 0.05) is 36.6 Å². The van der Waals surface area contributed by atoms with Crippen molar-refractivity contribution in [2.75, 3.05) is 31.1 Å². The normalized spacial score (nSPS) is 15.4. The van der Waals surface area contributed by atoms with Gasteiger partial charge in [0.1, 0.15) is 5.82 Å². The van der Waals surface area contributed by atoms with Crippen molar-refractivity contribution in [3.63, 3.8) is 0 Å². The maximum absolute atomic E-state index is 13.1. The molecule has 3 heterocycles. The highest BCUT2D eigenvalue weighted by Crippen LogP contribution is 2.32. The Morgan fingerprint density at radius 1 is 0.969 bits per heavy atom. The van der Waals surface area contributed by atoms with E-state index in [4.69, 9.17) is 21.6 Å². The standard InChI is InChI=1S/C23H21ClN4O2S2/c1-16-4-7-18(8-5-16)32(29,30)28-12-10-27(11-13-28)23-19-9-6-17(24)15-20(19)25-22(26-23)21-3-2-14-31-21/h2-9,14-15H,10-13H2,1H3. The minimum atomic E-state index is -3.52. The molecule has 1 aliphatic rings. The molecule has 164 valence electrons. The third-order valence-electron chi connectivity index (χ3n) is 5.58. The molecule has 0 unspecified atom stereocenters. The molecule has 1 aliphatic heterocycles. The van der Waals surface area contributed by atoms with Crippen LogP contribution < -0.4 is 4.90 Å². The van der Waals surface area contributed by atoms with Crippen LogP contribution in [0.4, 0.5) is 5.82 Å². The van der Waals surface area contributed by atoms with Crippen LogP contribution in [-0.2, 0) is 10.0 Å². The first kappa shape index (κ1) is 21.3. The molecule has 1 saturated heterocycles. The van der Waals surface area contributed by atoms with Gasteiger partial charge < -0.3 is 4.90 Å². The van der Waals surface area contributed by atoms with Gasteiger partial charge in [-0.1, -0.05) is 35.4 Å². The summed E-state index contributed by atoms with van der Waals surface area (Å²) in [5.74, 6) is 1.46. The smallest absolute Gasteiger partial charge is 0.243 e. The number of hydrogen-bond donors (Lipinski definition) is 0. The number of benzene rings is 2. The number of sulfonamides is 1. The van der Waals surface area contributed by atoms with Gasteiger partial charge in [0.25, 0.3) is 0 Å². The van der Waals surface area contributed by atoms with Crippen LogP contribution in [0.1, 0.15) is 5.56 Å². The summed E-state index contributed by atoms with van der Waals surface area (Å²) >= 11 is 7.81. The number of aryl methyl sites for hydroxylation is 1. The Balaban J connectivity index is 1.45. The second kappa shape index (κ2) is 8.44. The lowest BCUT2D eigenvalue weighted by Crippen LogP contribution is -2.49. The third kappa shape index (κ3) is 3.99. The fraction of sp³-hybridized carbons (Fsp3) is 0.217. The SMILES string of the molecule is Cc1ccc(S(=O)(=O)N2CCN(c3nc(-c4cccs4)nc4cc(Cl)ccc34)CC2)cc1. The van der Waals surface area contributed by atoms with Crippen LogP contribution in [-0.4, -0.2) is 48.9 Å². The number of rotatable bonds is 4. The van der Waals surface area contributed by atoms with Gasteiger partial charge in [0.05, 0.1) is 15.3 Å². The number of fused-ring (bicyclic) bond motifs is 1. The lowest BCUT2D eigenvalue weighted by atomic mass is 10.2. The zero-order valence-corrected chi connectivity index (χ0v) is 19.8. The molecule has 5 rings (SSSR count). The highest BCUT2D eigenvalue weighted by atomic mass is 35.5. The molecule has 0 atom stereocenters. The molecule has 0 aliphatic carbocycles. The number of anilines is 1. The van der Waals surface area contributed by atoms with Crippen molar-refractivity contribution >= 4 is 49.7 Å². The van der Waals surface area contributed by atoms with Crippen LogP contribution in [0.3, 0.4) is 0 Å². The molecule has 2 aromatic heterocycles. The van der Waals surface area contributed by atoms with Gasteiger partial charge in [0.2, 0.25) is 10.0 Å². The number of thiophene rings is 1. The molecule has 1 fully saturated rings. The van der Waals surface area contributed by atoms with Crippen LogP contribution in [0.15, 0.2) is 64.9 Å². The molecule has 9 heteroatoms. The predicted molar refractivity (Wildman–Crippen MR) is 130 cm³/mol. The van der Waals surface area contributed by atoms with E-state index >= 15 is 0 Å². The largest absolute Gasteiger partial charge is 0.353 e. The van der Waals surface area contributed by atoms with Crippen molar-refractivity contribution in [3.05, 3.63) is 70.6 Å². The van der Waals surface area contributed by atoms with E-state index in [9.17, 15) is 8.42 Å². The minimum Gasteiger partial charge on any atom is -0.353 e. The second-order valence-electron chi connectivity index (χ2n) is 7.71. The number of hydrogen-bond acceptors (Lipinski definition) is 6. The maximum Gasteiger partial charge on any atom is 0.243 e. The molecule has 0 N–H and O–H groups in total. The van der Waals surface area contributed by atoms with E-state index in [1.807, 2.05) is 54.8 Å². The third-order valence-corrected chi connectivity index (χ3v) is 8.59. The van der Waals surface area contributed by atoms with Gasteiger partial charge in [-0.05, 0) is 48.7 Å². The minimum absolute atomic E-state index is 0.332. The molecular formula is C23H21ClN4O2S2. The van der Waals surface area contributed by atoms with Crippen LogP contribution in [0.5, 0.6) is 0 Å². The quantitative estimate of drug-likeness (QED) is 0.415. The highest BCUT2D eigenvalue weighted by Gasteiger charge is 2.29. The Morgan fingerprint density at radius 2 is 1.72 bits per heavy atom. The van der Waals surface area contributed by atoms with Crippen LogP contribution >= 0.6 is 22.9 Å². The summed E-state index contributed by atoms with van der Waals surface area (Å²) < 4.78 is 27.7. The molecule has 0 saturated carbocycles. The zero-order chi connectivity index (χ0) is 22.3. The van der Waals surface area contributed by atoms with E-state index in [0.717, 1.165) is 27.2 Å². The average molecular weight is 485 g/mol. The van der Waals surface area contributed by atoms with E-state index in [1.54, 1.807) is 27.8 Å². The van der Waals surface area contributed by atoms with Crippen LogP contribution in [0.2, 0.25) is 5.02 Å². The van der Waals surface area contributed by atoms with Crippen molar-refractivity contribution in [3.8, 4) is 10.7 Å². The van der Waals surface area contributed by atoms with E-state index in [-0.39, 0.29) is 0 Å². The first-order chi connectivity index (χ1) is 15.4. The topological polar surface area (TPSA) is 66.4 Å². The van der Waals surface area contributed by atoms with Crippen LogP contribution in [0, 0.1) is 6.92 Å². The molecule has 0 amide bonds. The first-order valence-corrected chi connectivity index (χ1v) is 12.9. The molecule has 0 radical (unpaired) electrons. The molecule has 0 bridgehead atoms. The van der Waals surface area contributed by atoms with Gasteiger partial charge in [-0.2, -0.15) is 4.31 Å². The molecule has 4 aromatic rings. The van der Waals surface area contributed by atoms with E-state index in [2.05, 4.69) is 4.90 Å². The van der Waals surface area contributed by atoms with Gasteiger partial charge >= 0.3 is 0 Å². The lowest BCUT2D eigenvalue weighted by molar-refractivity contribution is 0.384. The van der Waals surface area contributed by atoms with Gasteiger partial charge in [-0.15, -0.1) is 11.3 Å². The molecular weight excluding hydrogens is 464 g/mol. The van der Waals surface area contributed by atoms with Crippen molar-refractivity contribution in [1.29, 1.82) is 0 Å². The van der Waals surface area contributed by atoms with E-state index < -0.39 is 10.0 Å². The zero-order valence-electron chi connectivity index (χ0n) is 17.4. The lowest BCUT2D eigenvalue weighted by Gasteiger charge is -2.35. The molecule has 6 nitrogen and oxygen atoms in total. The fourth-order valence-corrected chi connectivity index (χ4v) is 6.09. The average Bonchev–Trinajstić information content (AvgIpc) is 3.33. The summed E-state index contributed by atoms with van der Waals surface area (Å²) in [7, 11) is -3.52. The van der Waals surface area contributed by atoms with Crippen LogP contribution in [0.25, 0.3) is 21.6 Å². The summed E-state index contributed by atoms with van der Waals surface area (Å²) in [4.78, 5) is 13.0. The summed E-state index contributed by atoms with van der Waals surface area (Å²) in [6.07, 6.45) is 0. The Hall–Kier alpha value is -2.52. The fourth-order valence-electron chi connectivity index (χ4n) is 3.84. The number of halogens is 1. The molecule has 32 heavy (non-hydrogen) atoms. The summed E-state index contributed by atoms with van der Waals surface area (Å²) in [6, 6.07) is 16.6. The van der Waals surface area contributed by atoms with Crippen molar-refractivity contribution in [2.45, 2.75) is 11.8 Å². The monoisotopic (exact) mass is 484 g/mol. The summed E-state index contributed by atoms with van der Waals surface area (Å²) in [5.41, 5.74) is 1.81. The van der Waals surface area contributed by atoms with Crippen molar-refractivity contribution in [2.24, 2.45) is 0 Å². The Bertz CT molecular complexity index is 1370. The van der Waals surface area contributed by atoms with Crippen molar-refractivity contribution in [1.82, 2.24) is 14.3 Å². The van der Waals surface area contributed by atoms with Gasteiger partial charge in [-0.25, -0.2) is 18.4 Å². The Kier molecular flexibility index (Phi) is 5.63. The van der Waals surface area contributed by atoms with E-state index in [0.29, 0.717) is 41.9 Å². The number of nitrogens with zero attached hydrogens (tertiary/aromatic N) is 4. The summed E-state index contributed by atoms with van der Waals surface area (Å²) in [5, 5.41) is 3.52. The first-order valence-electron chi connectivity index (χ1n) is 10.2. The summed E-state index contributed by atoms with van der Waals surface area (Å²) in [6.45, 7) is 3.82. The predicted octanol–water partition coefficient (Wildman–Crippen LogP) is 4.83. The molecule has 0 spiro atoms. The van der Waals surface area contributed by atoms with Gasteiger partial charge in [0.15, 0.2) is 5.82 Å². The maximum atomic E-state index is 13.1. The van der Waals surface area contributed by atoms with Crippen molar-refractivity contribution < 1.29 is 8.42 Å². The van der Waals surface area contributed by atoms with Gasteiger partial charge in [-0.3, -0.25) is 0 Å². The Morgan fingerprint density at radius 3 is 2.41 bits per heavy atom.